The van der Waals surface area contributed by atoms with Crippen LogP contribution in [0.2, 0.25) is 0 Å². The smallest absolute Gasteiger partial charge is 1.00 e. The first kappa shape index (κ1) is 95.3. The molecule has 37 valence electrons. The van der Waals surface area contributed by atoms with Crippen LogP contribution in [0.15, 0.2) is 0 Å². The zero-order valence-corrected chi connectivity index (χ0v) is 6.49. The van der Waals surface area contributed by atoms with E-state index in [2.05, 4.69) is 0 Å². The Bertz CT molecular complexity index is 7.61. The van der Waals surface area contributed by atoms with Gasteiger partial charge in [-0.05, 0) is 0 Å². The van der Waals surface area contributed by atoms with Crippen molar-refractivity contribution in [1.29, 1.82) is 0 Å². The molecule has 1 radical (unpaired) electrons. The second kappa shape index (κ2) is 53.4. The van der Waals surface area contributed by atoms with Crippen LogP contribution in [-0.4, -0.2) is 11.0 Å². The average Bonchev–Trinajstić information content (AvgIpc) is 0. The normalized spacial score (nSPS) is 0. The first-order valence-electron chi connectivity index (χ1n) is 0. The van der Waals surface area contributed by atoms with E-state index in [1.807, 2.05) is 0 Å². The molecule has 0 bridgehead atoms. The van der Waals surface area contributed by atoms with Gasteiger partial charge in [0.15, 0.2) is 0 Å². The van der Waals surface area contributed by atoms with Crippen molar-refractivity contribution < 1.29 is 62.0 Å². The fourth-order valence-electron chi connectivity index (χ4n) is 0. The molecule has 0 saturated carbocycles. The van der Waals surface area contributed by atoms with Crippen LogP contribution in [0.3, 0.4) is 0 Å². The fourth-order valence-corrected chi connectivity index (χ4v) is 0. The molecule has 0 aromatic heterocycles. The van der Waals surface area contributed by atoms with Crippen molar-refractivity contribution >= 4 is 0 Å². The van der Waals surface area contributed by atoms with E-state index in [0.717, 1.165) is 0 Å². The van der Waals surface area contributed by atoms with Gasteiger partial charge in [-0.3, -0.25) is 0 Å². The van der Waals surface area contributed by atoms with Crippen LogP contribution < -0.4 is 34.0 Å². The summed E-state index contributed by atoms with van der Waals surface area (Å²) < 4.78 is 0. The first-order valence-corrected chi connectivity index (χ1v) is 0. The number of hydrogen-bond acceptors (Lipinski definition) is 0. The number of rotatable bonds is 0. The summed E-state index contributed by atoms with van der Waals surface area (Å²) in [5.41, 5.74) is 0. The van der Waals surface area contributed by atoms with Crippen LogP contribution >= 0.6 is 0 Å². The Morgan fingerprint density at radius 1 is 0.600 bits per heavy atom. The summed E-state index contributed by atoms with van der Waals surface area (Å²) in [5, 5.41) is 0. The van der Waals surface area contributed by atoms with Crippen molar-refractivity contribution in [2.75, 3.05) is 0 Å². The van der Waals surface area contributed by atoms with Crippen molar-refractivity contribution in [3.05, 3.63) is 0 Å². The van der Waals surface area contributed by atoms with Gasteiger partial charge in [-0.2, -0.15) is 0 Å². The number of halogens is 2. The molecule has 0 spiro atoms. The van der Waals surface area contributed by atoms with Crippen LogP contribution in [0.5, 0.6) is 0 Å². The monoisotopic (exact) mass is 249 g/mol. The van der Waals surface area contributed by atoms with Crippen LogP contribution in [0.4, 0.5) is 0 Å². The Morgan fingerprint density at radius 2 is 0.600 bits per heavy atom. The van der Waals surface area contributed by atoms with Crippen LogP contribution in [0, 0.1) is 0 Å². The standard InChI is InChI=1S/2BrH.Mn.2H2O/h2*1H;;2*1H2/q;;+2;;/p-2. The Morgan fingerprint density at radius 3 is 0.600 bits per heavy atom. The van der Waals surface area contributed by atoms with Gasteiger partial charge in [0.2, 0.25) is 0 Å². The third-order valence-corrected chi connectivity index (χ3v) is 0. The molecule has 0 heterocycles. The summed E-state index contributed by atoms with van der Waals surface area (Å²) in [7, 11) is 0. The van der Waals surface area contributed by atoms with E-state index in [9.17, 15) is 0 Å². The molecule has 0 aromatic rings. The molecule has 0 amide bonds. The molecular formula is H4Br2MnO2. The second-order valence-corrected chi connectivity index (χ2v) is 0. The predicted molar refractivity (Wildman–Crippen MR) is 7.23 cm³/mol. The molecule has 0 fully saturated rings. The van der Waals surface area contributed by atoms with Crippen LogP contribution in [0.1, 0.15) is 0 Å². The fraction of sp³-hybridized carbons (Fsp3) is 0. The molecule has 0 unspecified atom stereocenters. The van der Waals surface area contributed by atoms with Gasteiger partial charge >= 0.3 is 17.1 Å². The van der Waals surface area contributed by atoms with Crippen molar-refractivity contribution in [2.45, 2.75) is 0 Å². The molecule has 0 aliphatic rings. The van der Waals surface area contributed by atoms with Gasteiger partial charge < -0.3 is 44.9 Å². The van der Waals surface area contributed by atoms with Gasteiger partial charge in [-0.15, -0.1) is 0 Å². The van der Waals surface area contributed by atoms with Crippen LogP contribution in [-0.2, 0) is 17.1 Å². The Hall–Kier alpha value is 1.40. The van der Waals surface area contributed by atoms with Crippen molar-refractivity contribution in [2.24, 2.45) is 0 Å². The number of hydrogen-bond donors (Lipinski definition) is 0. The van der Waals surface area contributed by atoms with E-state index in [-0.39, 0.29) is 62.0 Å². The summed E-state index contributed by atoms with van der Waals surface area (Å²) in [6.45, 7) is 0. The second-order valence-electron chi connectivity index (χ2n) is 0. The minimum Gasteiger partial charge on any atom is -1.00 e. The molecule has 5 heavy (non-hydrogen) atoms. The summed E-state index contributed by atoms with van der Waals surface area (Å²) in [6.07, 6.45) is 0. The Balaban J connectivity index is 0. The SMILES string of the molecule is O.O.[Br-].[Br-].[Mn+2]. The Kier molecular flexibility index (Phi) is 1020. The average molecular weight is 251 g/mol. The van der Waals surface area contributed by atoms with Gasteiger partial charge in [-0.1, -0.05) is 0 Å². The molecule has 4 N–H and O–H groups in total. The zero-order chi connectivity index (χ0) is 0. The van der Waals surface area contributed by atoms with Crippen molar-refractivity contribution in [3.8, 4) is 0 Å². The maximum Gasteiger partial charge on any atom is 2.00 e. The minimum absolute atomic E-state index is 0. The zero-order valence-electron chi connectivity index (χ0n) is 2.13. The molecule has 0 aromatic carbocycles. The summed E-state index contributed by atoms with van der Waals surface area (Å²) in [5.74, 6) is 0. The minimum atomic E-state index is 0. The largest absolute Gasteiger partial charge is 2.00 e. The summed E-state index contributed by atoms with van der Waals surface area (Å²) >= 11 is 0. The van der Waals surface area contributed by atoms with Gasteiger partial charge in [-0.25, -0.2) is 0 Å². The van der Waals surface area contributed by atoms with E-state index in [1.54, 1.807) is 0 Å². The van der Waals surface area contributed by atoms with E-state index in [4.69, 9.17) is 0 Å². The topological polar surface area (TPSA) is 63.0 Å². The van der Waals surface area contributed by atoms with Crippen molar-refractivity contribution in [3.63, 3.8) is 0 Å². The predicted octanol–water partition coefficient (Wildman–Crippen LogP) is -7.64. The molecular weight excluding hydrogens is 247 g/mol. The van der Waals surface area contributed by atoms with Gasteiger partial charge in [0.25, 0.3) is 0 Å². The van der Waals surface area contributed by atoms with E-state index >= 15 is 0 Å². The first-order chi connectivity index (χ1) is 0. The van der Waals surface area contributed by atoms with Crippen LogP contribution in [0.25, 0.3) is 0 Å². The molecule has 2 nitrogen and oxygen atoms in total. The van der Waals surface area contributed by atoms with Gasteiger partial charge in [0.1, 0.15) is 0 Å². The molecule has 5 heteroatoms. The third-order valence-electron chi connectivity index (χ3n) is 0. The molecule has 0 aliphatic heterocycles. The molecule has 0 atom stereocenters. The van der Waals surface area contributed by atoms with E-state index < -0.39 is 0 Å². The molecule has 0 aliphatic carbocycles. The quantitative estimate of drug-likeness (QED) is 0.384. The maximum absolute atomic E-state index is 0. The summed E-state index contributed by atoms with van der Waals surface area (Å²) in [4.78, 5) is 0. The van der Waals surface area contributed by atoms with E-state index in [1.165, 1.54) is 0 Å². The Labute approximate surface area is 62.0 Å². The maximum atomic E-state index is 0. The van der Waals surface area contributed by atoms with Gasteiger partial charge in [0.05, 0.1) is 0 Å². The van der Waals surface area contributed by atoms with Crippen molar-refractivity contribution in [1.82, 2.24) is 0 Å². The molecule has 0 rings (SSSR count). The van der Waals surface area contributed by atoms with Gasteiger partial charge in [0, 0.05) is 0 Å². The van der Waals surface area contributed by atoms with E-state index in [0.29, 0.717) is 0 Å². The summed E-state index contributed by atoms with van der Waals surface area (Å²) in [6, 6.07) is 0. The third kappa shape index (κ3) is 31.9. The molecule has 0 saturated heterocycles.